The van der Waals surface area contributed by atoms with E-state index in [0.29, 0.717) is 31.2 Å². The largest absolute Gasteiger partial charge is 0.422 e. The first-order chi connectivity index (χ1) is 17.4. The quantitative estimate of drug-likeness (QED) is 0.140. The van der Waals surface area contributed by atoms with Crippen molar-refractivity contribution in [2.75, 3.05) is 5.32 Å². The van der Waals surface area contributed by atoms with Gasteiger partial charge in [0.05, 0.1) is 17.3 Å². The third-order valence-corrected chi connectivity index (χ3v) is 7.29. The third-order valence-electron chi connectivity index (χ3n) is 5.34. The molecule has 0 radical (unpaired) electrons. The molecule has 2 N–H and O–H groups in total. The van der Waals surface area contributed by atoms with Crippen LogP contribution in [0.3, 0.4) is 0 Å². The lowest BCUT2D eigenvalue weighted by atomic mass is 9.96. The van der Waals surface area contributed by atoms with Crippen LogP contribution in [0, 0.1) is 11.3 Å². The maximum Gasteiger partial charge on any atom is 0.343 e. The number of nitriles is 1. The van der Waals surface area contributed by atoms with Crippen LogP contribution in [0.15, 0.2) is 52.0 Å². The van der Waals surface area contributed by atoms with Gasteiger partial charge in [-0.3, -0.25) is 9.59 Å². The van der Waals surface area contributed by atoms with Crippen molar-refractivity contribution in [3.8, 4) is 11.8 Å². The molecule has 8 nitrogen and oxygen atoms in total. The number of halogens is 2. The molecule has 0 bridgehead atoms. The Labute approximate surface area is 224 Å². The number of hydrogen-bond donors (Lipinski definition) is 2. The lowest BCUT2D eigenvalue weighted by molar-refractivity contribution is -0.136. The average Bonchev–Trinajstić information content (AvgIpc) is 3.22. The van der Waals surface area contributed by atoms with Crippen LogP contribution in [0.2, 0.25) is 5.02 Å². The summed E-state index contributed by atoms with van der Waals surface area (Å²) >= 11 is 10.5. The van der Waals surface area contributed by atoms with Crippen molar-refractivity contribution in [1.29, 1.82) is 5.26 Å². The predicted molar refractivity (Wildman–Crippen MR) is 141 cm³/mol. The Morgan fingerprint density at radius 1 is 1.11 bits per heavy atom. The molecule has 0 unspecified atom stereocenters. The number of thiophene rings is 1. The summed E-state index contributed by atoms with van der Waals surface area (Å²) in [4.78, 5) is 38.2. The lowest BCUT2D eigenvalue weighted by Gasteiger charge is -2.09. The van der Waals surface area contributed by atoms with E-state index in [1.807, 2.05) is 0 Å². The molecule has 0 aliphatic heterocycles. The van der Waals surface area contributed by atoms with Gasteiger partial charge in [-0.2, -0.15) is 10.4 Å². The zero-order chi connectivity index (χ0) is 25.7. The normalized spacial score (nSPS) is 12.5. The fraction of sp³-hybridized carbons (Fsp3) is 0.160. The van der Waals surface area contributed by atoms with Gasteiger partial charge >= 0.3 is 17.8 Å². The van der Waals surface area contributed by atoms with Crippen molar-refractivity contribution in [2.45, 2.75) is 25.7 Å². The van der Waals surface area contributed by atoms with E-state index in [2.05, 4.69) is 37.8 Å². The van der Waals surface area contributed by atoms with Crippen molar-refractivity contribution < 1.29 is 19.1 Å². The van der Waals surface area contributed by atoms with Gasteiger partial charge in [-0.1, -0.05) is 27.5 Å². The zero-order valence-corrected chi connectivity index (χ0v) is 21.8. The monoisotopic (exact) mass is 584 g/mol. The number of amides is 2. The van der Waals surface area contributed by atoms with Crippen molar-refractivity contribution in [2.24, 2.45) is 5.10 Å². The molecule has 36 heavy (non-hydrogen) atoms. The molecule has 1 aromatic heterocycles. The van der Waals surface area contributed by atoms with Gasteiger partial charge in [0, 0.05) is 19.9 Å². The molecule has 0 fully saturated rings. The molecule has 1 heterocycles. The number of anilines is 1. The van der Waals surface area contributed by atoms with Gasteiger partial charge in [-0.25, -0.2) is 10.2 Å². The molecule has 1 aliphatic carbocycles. The number of rotatable bonds is 5. The molecule has 0 spiro atoms. The summed E-state index contributed by atoms with van der Waals surface area (Å²) in [6.45, 7) is 0. The Balaban J connectivity index is 1.42. The fourth-order valence-corrected chi connectivity index (χ4v) is 5.34. The summed E-state index contributed by atoms with van der Waals surface area (Å²) in [7, 11) is 0. The van der Waals surface area contributed by atoms with Crippen LogP contribution in [-0.4, -0.2) is 24.0 Å². The Bertz CT molecular complexity index is 1410. The number of fused-ring (bicyclic) bond motifs is 1. The molecule has 182 valence electrons. The van der Waals surface area contributed by atoms with Crippen LogP contribution in [0.1, 0.15) is 44.8 Å². The van der Waals surface area contributed by atoms with Gasteiger partial charge in [0.25, 0.3) is 0 Å². The van der Waals surface area contributed by atoms with Crippen LogP contribution in [-0.2, 0) is 22.4 Å². The Morgan fingerprint density at radius 2 is 1.86 bits per heavy atom. The minimum Gasteiger partial charge on any atom is -0.422 e. The second-order valence-corrected chi connectivity index (χ2v) is 10.2. The smallest absolute Gasteiger partial charge is 0.343 e. The Kier molecular flexibility index (Phi) is 8.15. The lowest BCUT2D eigenvalue weighted by Crippen LogP contribution is -2.32. The van der Waals surface area contributed by atoms with Gasteiger partial charge < -0.3 is 10.1 Å². The number of aryl methyl sites for hydroxylation is 1. The third kappa shape index (κ3) is 5.99. The average molecular weight is 586 g/mol. The maximum absolute atomic E-state index is 12.5. The summed E-state index contributed by atoms with van der Waals surface area (Å²) in [5.74, 6) is -2.34. The summed E-state index contributed by atoms with van der Waals surface area (Å²) in [6, 6.07) is 13.3. The SMILES string of the molecule is N#Cc1c(NC(=O)C(=O)N/N=C\c2cc(Br)ccc2OC(=O)c2ccc(Cl)cc2)sc2c1CCCC2. The number of nitrogens with one attached hydrogen (secondary N) is 2. The van der Waals surface area contributed by atoms with Crippen molar-refractivity contribution in [3.05, 3.63) is 79.1 Å². The molecular weight excluding hydrogens is 568 g/mol. The van der Waals surface area contributed by atoms with E-state index in [1.165, 1.54) is 29.7 Å². The first kappa shape index (κ1) is 25.6. The summed E-state index contributed by atoms with van der Waals surface area (Å²) in [5.41, 5.74) is 4.22. The number of carbonyl (C=O) groups is 3. The van der Waals surface area contributed by atoms with E-state index in [4.69, 9.17) is 16.3 Å². The molecule has 0 atom stereocenters. The molecular formula is C25H18BrClN4O4S. The van der Waals surface area contributed by atoms with Gasteiger partial charge in [0.15, 0.2) is 0 Å². The standard InChI is InChI=1S/C25H18BrClN4O4S/c26-16-7-10-20(35-25(34)14-5-8-17(27)9-6-14)15(11-16)13-29-31-23(33)22(32)30-24-19(12-28)18-3-1-2-4-21(18)36-24/h5-11,13H,1-4H2,(H,30,32)(H,31,33)/b29-13-. The summed E-state index contributed by atoms with van der Waals surface area (Å²) in [6.07, 6.45) is 4.93. The highest BCUT2D eigenvalue weighted by Gasteiger charge is 2.23. The number of carbonyl (C=O) groups excluding carboxylic acids is 3. The van der Waals surface area contributed by atoms with Gasteiger partial charge in [-0.05, 0) is 73.7 Å². The maximum atomic E-state index is 12.5. The van der Waals surface area contributed by atoms with Crippen LogP contribution < -0.4 is 15.5 Å². The van der Waals surface area contributed by atoms with E-state index in [0.717, 1.165) is 36.1 Å². The summed E-state index contributed by atoms with van der Waals surface area (Å²) in [5, 5.41) is 16.7. The number of hydrogen-bond acceptors (Lipinski definition) is 7. The number of esters is 1. The molecule has 1 aliphatic rings. The Morgan fingerprint density at radius 3 is 2.61 bits per heavy atom. The number of hydrazone groups is 1. The zero-order valence-electron chi connectivity index (χ0n) is 18.6. The summed E-state index contributed by atoms with van der Waals surface area (Å²) < 4.78 is 6.15. The molecule has 11 heteroatoms. The molecule has 4 rings (SSSR count). The van der Waals surface area contributed by atoms with Crippen LogP contribution >= 0.6 is 38.9 Å². The predicted octanol–water partition coefficient (Wildman–Crippen LogP) is 5.22. The van der Waals surface area contributed by atoms with E-state index in [9.17, 15) is 19.6 Å². The Hall–Kier alpha value is -3.52. The molecule has 0 saturated carbocycles. The first-order valence-electron chi connectivity index (χ1n) is 10.8. The van der Waals surface area contributed by atoms with E-state index in [-0.39, 0.29) is 5.75 Å². The second-order valence-electron chi connectivity index (χ2n) is 7.76. The highest BCUT2D eigenvalue weighted by Crippen LogP contribution is 2.37. The van der Waals surface area contributed by atoms with E-state index < -0.39 is 17.8 Å². The van der Waals surface area contributed by atoms with Crippen LogP contribution in [0.25, 0.3) is 0 Å². The van der Waals surface area contributed by atoms with E-state index >= 15 is 0 Å². The fourth-order valence-electron chi connectivity index (χ4n) is 3.60. The molecule has 3 aromatic rings. The topological polar surface area (TPSA) is 121 Å². The molecule has 0 saturated heterocycles. The van der Waals surface area contributed by atoms with Crippen molar-refractivity contribution in [1.82, 2.24) is 5.43 Å². The highest BCUT2D eigenvalue weighted by atomic mass is 79.9. The first-order valence-corrected chi connectivity index (χ1v) is 12.8. The number of benzene rings is 2. The molecule has 2 aromatic carbocycles. The van der Waals surface area contributed by atoms with Crippen LogP contribution in [0.5, 0.6) is 5.75 Å². The van der Waals surface area contributed by atoms with Gasteiger partial charge in [0.2, 0.25) is 0 Å². The minimum atomic E-state index is -1.00. The highest BCUT2D eigenvalue weighted by molar-refractivity contribution is 9.10. The number of ether oxygens (including phenoxy) is 1. The van der Waals surface area contributed by atoms with Crippen molar-refractivity contribution >= 4 is 67.9 Å². The van der Waals surface area contributed by atoms with Gasteiger partial charge in [-0.15, -0.1) is 11.3 Å². The minimum absolute atomic E-state index is 0.198. The van der Waals surface area contributed by atoms with E-state index in [1.54, 1.807) is 30.3 Å². The second kappa shape index (κ2) is 11.5. The van der Waals surface area contributed by atoms with Crippen molar-refractivity contribution in [3.63, 3.8) is 0 Å². The molecule has 2 amide bonds. The number of nitrogens with zero attached hydrogens (tertiary/aromatic N) is 2. The van der Waals surface area contributed by atoms with Gasteiger partial charge in [0.1, 0.15) is 16.8 Å². The van der Waals surface area contributed by atoms with Crippen LogP contribution in [0.4, 0.5) is 5.00 Å².